The monoisotopic (exact) mass is 377 g/mol. The van der Waals surface area contributed by atoms with Crippen LogP contribution in [-0.2, 0) is 17.4 Å². The molecule has 1 amide bonds. The highest BCUT2D eigenvalue weighted by molar-refractivity contribution is 5.76. The van der Waals surface area contributed by atoms with Crippen molar-refractivity contribution in [3.05, 3.63) is 59.8 Å². The average Bonchev–Trinajstić information content (AvgIpc) is 3.13. The largest absolute Gasteiger partial charge is 0.416 e. The minimum absolute atomic E-state index is 0.0947. The van der Waals surface area contributed by atoms with Crippen LogP contribution in [-0.4, -0.2) is 30.0 Å². The number of amides is 1. The second-order valence-electron chi connectivity index (χ2n) is 6.68. The van der Waals surface area contributed by atoms with Gasteiger partial charge in [-0.1, -0.05) is 18.2 Å². The Hall–Kier alpha value is -2.57. The number of rotatable bonds is 6. The van der Waals surface area contributed by atoms with Crippen molar-refractivity contribution in [2.75, 3.05) is 18.0 Å². The van der Waals surface area contributed by atoms with Crippen LogP contribution in [0.2, 0.25) is 0 Å². The van der Waals surface area contributed by atoms with Gasteiger partial charge in [0.1, 0.15) is 5.82 Å². The van der Waals surface area contributed by atoms with Gasteiger partial charge in [0, 0.05) is 31.7 Å². The Morgan fingerprint density at radius 3 is 2.63 bits per heavy atom. The van der Waals surface area contributed by atoms with Crippen molar-refractivity contribution in [3.8, 4) is 0 Å². The molecular weight excluding hydrogens is 355 g/mol. The zero-order valence-electron chi connectivity index (χ0n) is 14.9. The number of halogens is 3. The normalized spacial score (nSPS) is 17.1. The van der Waals surface area contributed by atoms with Gasteiger partial charge < -0.3 is 10.2 Å². The summed E-state index contributed by atoms with van der Waals surface area (Å²) in [6, 6.07) is 11.0. The molecular formula is C20H22F3N3O. The predicted octanol–water partition coefficient (Wildman–Crippen LogP) is 3.82. The number of benzene rings is 1. The Kier molecular flexibility index (Phi) is 5.98. The zero-order chi connectivity index (χ0) is 19.3. The van der Waals surface area contributed by atoms with Crippen molar-refractivity contribution >= 4 is 11.7 Å². The summed E-state index contributed by atoms with van der Waals surface area (Å²) in [6.07, 6.45) is 0.142. The second kappa shape index (κ2) is 8.41. The summed E-state index contributed by atoms with van der Waals surface area (Å²) in [5, 5.41) is 2.94. The van der Waals surface area contributed by atoms with E-state index in [-0.39, 0.29) is 18.4 Å². The lowest BCUT2D eigenvalue weighted by Crippen LogP contribution is -2.40. The molecule has 1 aliphatic rings. The van der Waals surface area contributed by atoms with Crippen LogP contribution in [0, 0.1) is 0 Å². The van der Waals surface area contributed by atoms with Crippen molar-refractivity contribution in [1.29, 1.82) is 0 Å². The number of anilines is 1. The lowest BCUT2D eigenvalue weighted by molar-refractivity contribution is -0.137. The minimum atomic E-state index is -4.34. The Balaban J connectivity index is 1.46. The molecule has 1 saturated heterocycles. The molecule has 0 bridgehead atoms. The van der Waals surface area contributed by atoms with Crippen molar-refractivity contribution in [2.24, 2.45) is 0 Å². The van der Waals surface area contributed by atoms with E-state index >= 15 is 0 Å². The van der Waals surface area contributed by atoms with Gasteiger partial charge in [0.2, 0.25) is 5.91 Å². The third-order valence-electron chi connectivity index (χ3n) is 4.78. The number of nitrogens with zero attached hydrogens (tertiary/aromatic N) is 2. The van der Waals surface area contributed by atoms with E-state index in [4.69, 9.17) is 0 Å². The van der Waals surface area contributed by atoms with E-state index in [0.717, 1.165) is 37.3 Å². The van der Waals surface area contributed by atoms with Gasteiger partial charge in [-0.3, -0.25) is 4.79 Å². The SMILES string of the molecule is O=C(CCc1ccc(C(F)(F)F)cc1)NC[C@@H]1CCCN1c1ccccn1. The molecule has 1 fully saturated rings. The van der Waals surface area contributed by atoms with E-state index in [2.05, 4.69) is 15.2 Å². The number of hydrogen-bond donors (Lipinski definition) is 1. The number of carbonyl (C=O) groups is 1. The molecule has 0 aliphatic carbocycles. The van der Waals surface area contributed by atoms with E-state index in [1.165, 1.54) is 12.1 Å². The van der Waals surface area contributed by atoms with E-state index in [1.807, 2.05) is 18.2 Å². The van der Waals surface area contributed by atoms with Crippen LogP contribution in [0.15, 0.2) is 48.7 Å². The fourth-order valence-corrected chi connectivity index (χ4v) is 3.31. The molecule has 0 spiro atoms. The van der Waals surface area contributed by atoms with Crippen LogP contribution in [0.3, 0.4) is 0 Å². The van der Waals surface area contributed by atoms with Crippen LogP contribution in [0.25, 0.3) is 0 Å². The van der Waals surface area contributed by atoms with Crippen molar-refractivity contribution < 1.29 is 18.0 Å². The first kappa shape index (κ1) is 19.2. The molecule has 144 valence electrons. The molecule has 4 nitrogen and oxygen atoms in total. The molecule has 3 rings (SSSR count). The fourth-order valence-electron chi connectivity index (χ4n) is 3.31. The van der Waals surface area contributed by atoms with Gasteiger partial charge in [-0.15, -0.1) is 0 Å². The highest BCUT2D eigenvalue weighted by atomic mass is 19.4. The van der Waals surface area contributed by atoms with Crippen LogP contribution >= 0.6 is 0 Å². The van der Waals surface area contributed by atoms with Gasteiger partial charge in [0.25, 0.3) is 0 Å². The Morgan fingerprint density at radius 1 is 1.19 bits per heavy atom. The first-order chi connectivity index (χ1) is 12.9. The fraction of sp³-hybridized carbons (Fsp3) is 0.400. The number of nitrogens with one attached hydrogen (secondary N) is 1. The molecule has 2 aromatic rings. The van der Waals surface area contributed by atoms with Crippen LogP contribution < -0.4 is 10.2 Å². The van der Waals surface area contributed by atoms with E-state index in [0.29, 0.717) is 18.5 Å². The maximum Gasteiger partial charge on any atom is 0.416 e. The third kappa shape index (κ3) is 5.21. The van der Waals surface area contributed by atoms with Crippen molar-refractivity contribution in [2.45, 2.75) is 37.9 Å². The third-order valence-corrected chi connectivity index (χ3v) is 4.78. The molecule has 0 radical (unpaired) electrons. The first-order valence-electron chi connectivity index (χ1n) is 9.04. The molecule has 1 atom stereocenters. The van der Waals surface area contributed by atoms with Gasteiger partial charge in [-0.05, 0) is 49.1 Å². The highest BCUT2D eigenvalue weighted by Gasteiger charge is 2.30. The number of aromatic nitrogens is 1. The molecule has 2 heterocycles. The van der Waals surface area contributed by atoms with Gasteiger partial charge >= 0.3 is 6.18 Å². The van der Waals surface area contributed by atoms with Gasteiger partial charge in [0.15, 0.2) is 0 Å². The molecule has 1 aromatic heterocycles. The maximum atomic E-state index is 12.6. The lowest BCUT2D eigenvalue weighted by Gasteiger charge is -2.25. The second-order valence-corrected chi connectivity index (χ2v) is 6.68. The summed E-state index contributed by atoms with van der Waals surface area (Å²) in [5.41, 5.74) is 0.0423. The van der Waals surface area contributed by atoms with Gasteiger partial charge in [0.05, 0.1) is 5.56 Å². The van der Waals surface area contributed by atoms with E-state index < -0.39 is 11.7 Å². The Bertz CT molecular complexity index is 747. The number of carbonyl (C=O) groups excluding carboxylic acids is 1. The first-order valence-corrected chi connectivity index (χ1v) is 9.04. The summed E-state index contributed by atoms with van der Waals surface area (Å²) < 4.78 is 37.7. The number of pyridine rings is 1. The molecule has 1 aliphatic heterocycles. The molecule has 7 heteroatoms. The van der Waals surface area contributed by atoms with E-state index in [9.17, 15) is 18.0 Å². The maximum absolute atomic E-state index is 12.6. The smallest absolute Gasteiger partial charge is 0.354 e. The summed E-state index contributed by atoms with van der Waals surface area (Å²) in [4.78, 5) is 18.7. The van der Waals surface area contributed by atoms with E-state index in [1.54, 1.807) is 6.20 Å². The van der Waals surface area contributed by atoms with Crippen LogP contribution in [0.5, 0.6) is 0 Å². The summed E-state index contributed by atoms with van der Waals surface area (Å²) in [7, 11) is 0. The zero-order valence-corrected chi connectivity index (χ0v) is 14.9. The van der Waals surface area contributed by atoms with Gasteiger partial charge in [-0.2, -0.15) is 13.2 Å². The van der Waals surface area contributed by atoms with Crippen molar-refractivity contribution in [3.63, 3.8) is 0 Å². The molecule has 1 N–H and O–H groups in total. The number of aryl methyl sites for hydroxylation is 1. The predicted molar refractivity (Wildman–Crippen MR) is 97.4 cm³/mol. The minimum Gasteiger partial charge on any atom is -0.354 e. The lowest BCUT2D eigenvalue weighted by atomic mass is 10.1. The summed E-state index contributed by atoms with van der Waals surface area (Å²) in [6.45, 7) is 1.46. The highest BCUT2D eigenvalue weighted by Crippen LogP contribution is 2.29. The molecule has 27 heavy (non-hydrogen) atoms. The standard InChI is InChI=1S/C20H22F3N3O/c21-20(22,23)16-9-6-15(7-10-16)8-11-19(27)25-14-17-4-3-13-26(17)18-5-1-2-12-24-18/h1-2,5-7,9-10,12,17H,3-4,8,11,13-14H2,(H,25,27)/t17-/m0/s1. The van der Waals surface area contributed by atoms with Crippen molar-refractivity contribution in [1.82, 2.24) is 10.3 Å². The van der Waals surface area contributed by atoms with Crippen LogP contribution in [0.1, 0.15) is 30.4 Å². The van der Waals surface area contributed by atoms with Gasteiger partial charge in [-0.25, -0.2) is 4.98 Å². The Morgan fingerprint density at radius 2 is 1.96 bits per heavy atom. The quantitative estimate of drug-likeness (QED) is 0.833. The topological polar surface area (TPSA) is 45.2 Å². The molecule has 0 unspecified atom stereocenters. The number of hydrogen-bond acceptors (Lipinski definition) is 3. The molecule has 1 aromatic carbocycles. The Labute approximate surface area is 156 Å². The molecule has 0 saturated carbocycles. The average molecular weight is 377 g/mol. The number of alkyl halides is 3. The van der Waals surface area contributed by atoms with Crippen LogP contribution in [0.4, 0.5) is 19.0 Å². The summed E-state index contributed by atoms with van der Waals surface area (Å²) in [5.74, 6) is 0.821. The summed E-state index contributed by atoms with van der Waals surface area (Å²) >= 11 is 0.